The van der Waals surface area contributed by atoms with Crippen LogP contribution in [-0.2, 0) is 0 Å². The third-order valence-electron chi connectivity index (χ3n) is 3.83. The second kappa shape index (κ2) is 6.41. The Morgan fingerprint density at radius 2 is 2.10 bits per heavy atom. The number of rotatable bonds is 2. The third-order valence-corrected chi connectivity index (χ3v) is 3.83. The highest BCUT2D eigenvalue weighted by Crippen LogP contribution is 2.19. The fraction of sp³-hybridized carbons (Fsp3) is 0.467. The number of nitrogens with zero attached hydrogens (tertiary/aromatic N) is 2. The van der Waals surface area contributed by atoms with E-state index in [1.165, 1.54) is 12.8 Å². The second-order valence-corrected chi connectivity index (χ2v) is 5.26. The van der Waals surface area contributed by atoms with E-state index in [-0.39, 0.29) is 17.8 Å². The maximum Gasteiger partial charge on any atom is 0.254 e. The number of amidine groups is 1. The molecule has 108 valence electrons. The maximum absolute atomic E-state index is 12.6. The molecule has 2 rings (SSSR count). The minimum absolute atomic E-state index is 0.0172. The topological polar surface area (TPSA) is 78.9 Å². The van der Waals surface area contributed by atoms with Gasteiger partial charge in [0.05, 0.1) is 0 Å². The second-order valence-electron chi connectivity index (χ2n) is 5.26. The van der Waals surface area contributed by atoms with Crippen LogP contribution in [0.3, 0.4) is 0 Å². The van der Waals surface area contributed by atoms with E-state index < -0.39 is 0 Å². The molecule has 1 aliphatic heterocycles. The number of benzene rings is 1. The van der Waals surface area contributed by atoms with Gasteiger partial charge in [0.1, 0.15) is 0 Å². The van der Waals surface area contributed by atoms with Gasteiger partial charge in [0.2, 0.25) is 0 Å². The van der Waals surface area contributed by atoms with Crippen molar-refractivity contribution in [2.75, 3.05) is 6.54 Å². The van der Waals surface area contributed by atoms with Crippen molar-refractivity contribution < 1.29 is 10.0 Å². The minimum atomic E-state index is 0.0172. The van der Waals surface area contributed by atoms with Crippen LogP contribution in [-0.4, -0.2) is 34.4 Å². The monoisotopic (exact) mass is 275 g/mol. The van der Waals surface area contributed by atoms with Crippen LogP contribution in [0.15, 0.2) is 29.4 Å². The molecule has 0 bridgehead atoms. The quantitative estimate of drug-likeness (QED) is 0.376. The summed E-state index contributed by atoms with van der Waals surface area (Å²) in [6, 6.07) is 7.18. The summed E-state index contributed by atoms with van der Waals surface area (Å²) in [6.07, 6.45) is 4.45. The molecule has 1 saturated heterocycles. The summed E-state index contributed by atoms with van der Waals surface area (Å²) in [4.78, 5) is 14.5. The fourth-order valence-electron chi connectivity index (χ4n) is 2.61. The van der Waals surface area contributed by atoms with Gasteiger partial charge < -0.3 is 15.8 Å². The van der Waals surface area contributed by atoms with Gasteiger partial charge in [-0.1, -0.05) is 30.1 Å². The van der Waals surface area contributed by atoms with Gasteiger partial charge in [-0.3, -0.25) is 4.79 Å². The Morgan fingerprint density at radius 3 is 2.85 bits per heavy atom. The van der Waals surface area contributed by atoms with Gasteiger partial charge in [0.25, 0.3) is 5.91 Å². The fourth-order valence-corrected chi connectivity index (χ4v) is 2.61. The van der Waals surface area contributed by atoms with Crippen LogP contribution in [0.2, 0.25) is 0 Å². The minimum Gasteiger partial charge on any atom is -0.409 e. The van der Waals surface area contributed by atoms with Crippen molar-refractivity contribution in [1.29, 1.82) is 0 Å². The molecular formula is C15H21N3O2. The number of oxime groups is 1. The molecule has 1 amide bonds. The highest BCUT2D eigenvalue weighted by Gasteiger charge is 2.23. The van der Waals surface area contributed by atoms with Crippen molar-refractivity contribution in [3.05, 3.63) is 35.4 Å². The number of nitrogens with two attached hydrogens (primary N) is 1. The van der Waals surface area contributed by atoms with Gasteiger partial charge in [-0.15, -0.1) is 0 Å². The third kappa shape index (κ3) is 3.10. The summed E-state index contributed by atoms with van der Waals surface area (Å²) in [7, 11) is 0. The Kier molecular flexibility index (Phi) is 4.61. The number of hydrogen-bond donors (Lipinski definition) is 2. The van der Waals surface area contributed by atoms with Crippen LogP contribution < -0.4 is 5.73 Å². The standard InChI is InChI=1S/C15H21N3O2/c1-11-6-3-2-4-9-18(11)15(19)13-8-5-7-12(10-13)14(16)17-20/h5,7-8,10-11,20H,2-4,6,9H2,1H3,(H2,16,17). The summed E-state index contributed by atoms with van der Waals surface area (Å²) in [6.45, 7) is 2.89. The molecule has 5 nitrogen and oxygen atoms in total. The molecule has 1 aliphatic rings. The summed E-state index contributed by atoms with van der Waals surface area (Å²) in [5.41, 5.74) is 6.71. The lowest BCUT2D eigenvalue weighted by Gasteiger charge is -2.27. The molecule has 1 aromatic carbocycles. The molecule has 1 fully saturated rings. The van der Waals surface area contributed by atoms with Crippen molar-refractivity contribution in [3.8, 4) is 0 Å². The first-order valence-corrected chi connectivity index (χ1v) is 7.02. The van der Waals surface area contributed by atoms with Crippen molar-refractivity contribution >= 4 is 11.7 Å². The van der Waals surface area contributed by atoms with Gasteiger partial charge in [0.15, 0.2) is 5.84 Å². The first-order chi connectivity index (χ1) is 9.63. The average Bonchev–Trinajstić information content (AvgIpc) is 2.70. The van der Waals surface area contributed by atoms with Crippen LogP contribution in [0.5, 0.6) is 0 Å². The Balaban J connectivity index is 2.24. The number of likely N-dealkylation sites (tertiary alicyclic amines) is 1. The Labute approximate surface area is 119 Å². The molecule has 20 heavy (non-hydrogen) atoms. The molecule has 0 aromatic heterocycles. The van der Waals surface area contributed by atoms with Crippen LogP contribution in [0, 0.1) is 0 Å². The van der Waals surface area contributed by atoms with E-state index in [9.17, 15) is 4.79 Å². The van der Waals surface area contributed by atoms with Crippen LogP contribution in [0.25, 0.3) is 0 Å². The molecule has 0 radical (unpaired) electrons. The van der Waals surface area contributed by atoms with E-state index in [0.717, 1.165) is 19.4 Å². The lowest BCUT2D eigenvalue weighted by molar-refractivity contribution is 0.0698. The Hall–Kier alpha value is -2.04. The predicted octanol–water partition coefficient (Wildman–Crippen LogP) is 2.19. The molecule has 0 spiro atoms. The molecule has 0 aliphatic carbocycles. The van der Waals surface area contributed by atoms with Crippen LogP contribution >= 0.6 is 0 Å². The first kappa shape index (κ1) is 14.4. The van der Waals surface area contributed by atoms with Gasteiger partial charge in [-0.25, -0.2) is 0 Å². The van der Waals surface area contributed by atoms with Gasteiger partial charge in [0, 0.05) is 23.7 Å². The normalized spacial score (nSPS) is 20.6. The van der Waals surface area contributed by atoms with Crippen molar-refractivity contribution in [3.63, 3.8) is 0 Å². The summed E-state index contributed by atoms with van der Waals surface area (Å²) in [5, 5.41) is 11.7. The molecule has 3 N–H and O–H groups in total. The zero-order valence-electron chi connectivity index (χ0n) is 11.7. The van der Waals surface area contributed by atoms with E-state index >= 15 is 0 Å². The molecule has 5 heteroatoms. The van der Waals surface area contributed by atoms with Crippen LogP contribution in [0.4, 0.5) is 0 Å². The molecule has 1 unspecified atom stereocenters. The number of carbonyl (C=O) groups excluding carboxylic acids is 1. The lowest BCUT2D eigenvalue weighted by atomic mass is 10.1. The molecule has 0 saturated carbocycles. The Morgan fingerprint density at radius 1 is 1.35 bits per heavy atom. The van der Waals surface area contributed by atoms with E-state index in [0.29, 0.717) is 11.1 Å². The highest BCUT2D eigenvalue weighted by atomic mass is 16.4. The molecule has 1 aromatic rings. The SMILES string of the molecule is CC1CCCCCN1C(=O)c1cccc(C(N)=NO)c1. The summed E-state index contributed by atoms with van der Waals surface area (Å²) >= 11 is 0. The van der Waals surface area contributed by atoms with E-state index in [2.05, 4.69) is 12.1 Å². The Bertz CT molecular complexity index is 514. The maximum atomic E-state index is 12.6. The zero-order chi connectivity index (χ0) is 14.5. The van der Waals surface area contributed by atoms with Crippen molar-refractivity contribution in [2.45, 2.75) is 38.6 Å². The summed E-state index contributed by atoms with van der Waals surface area (Å²) in [5.74, 6) is 0.0376. The van der Waals surface area contributed by atoms with Gasteiger partial charge in [-0.05, 0) is 31.9 Å². The number of hydrogen-bond acceptors (Lipinski definition) is 3. The van der Waals surface area contributed by atoms with E-state index in [1.54, 1.807) is 24.3 Å². The smallest absolute Gasteiger partial charge is 0.254 e. The zero-order valence-corrected chi connectivity index (χ0v) is 11.7. The van der Waals surface area contributed by atoms with E-state index in [4.69, 9.17) is 10.9 Å². The van der Waals surface area contributed by atoms with E-state index in [1.807, 2.05) is 4.90 Å². The molecular weight excluding hydrogens is 254 g/mol. The van der Waals surface area contributed by atoms with Crippen molar-refractivity contribution in [2.24, 2.45) is 10.9 Å². The number of amides is 1. The van der Waals surface area contributed by atoms with Gasteiger partial charge in [-0.2, -0.15) is 0 Å². The lowest BCUT2D eigenvalue weighted by Crippen LogP contribution is -2.38. The average molecular weight is 275 g/mol. The predicted molar refractivity (Wildman–Crippen MR) is 77.9 cm³/mol. The first-order valence-electron chi connectivity index (χ1n) is 7.02. The van der Waals surface area contributed by atoms with Crippen LogP contribution in [0.1, 0.15) is 48.5 Å². The highest BCUT2D eigenvalue weighted by molar-refractivity contribution is 6.01. The van der Waals surface area contributed by atoms with Gasteiger partial charge >= 0.3 is 0 Å². The number of carbonyl (C=O) groups is 1. The molecule has 1 atom stereocenters. The molecule has 1 heterocycles. The summed E-state index contributed by atoms with van der Waals surface area (Å²) < 4.78 is 0. The largest absolute Gasteiger partial charge is 0.409 e. The van der Waals surface area contributed by atoms with Crippen molar-refractivity contribution in [1.82, 2.24) is 4.90 Å².